The SMILES string of the molecule is CCCCCCCCCCCCCC(=O)OC(=O)[C@@H](N)Cc1ccccc1.[Na]. The summed E-state index contributed by atoms with van der Waals surface area (Å²) in [6.45, 7) is 2.24. The van der Waals surface area contributed by atoms with Gasteiger partial charge in [-0.3, -0.25) is 4.79 Å². The van der Waals surface area contributed by atoms with E-state index in [1.807, 2.05) is 30.3 Å². The fraction of sp³-hybridized carbons (Fsp3) is 0.652. The standard InChI is InChI=1S/C23H37NO3.Na/c1-2-3-4-5-6-7-8-9-10-11-15-18-22(25)27-23(26)21(24)19-20-16-13-12-14-17-20;/h12-14,16-17,21H,2-11,15,18-19,24H2,1H3;/t21-;/m0./s1. The van der Waals surface area contributed by atoms with Crippen molar-refractivity contribution < 1.29 is 14.3 Å². The van der Waals surface area contributed by atoms with Crippen molar-refractivity contribution in [3.8, 4) is 0 Å². The van der Waals surface area contributed by atoms with E-state index in [2.05, 4.69) is 6.92 Å². The van der Waals surface area contributed by atoms with Crippen molar-refractivity contribution in [2.45, 2.75) is 96.4 Å². The van der Waals surface area contributed by atoms with E-state index in [-0.39, 0.29) is 29.6 Å². The van der Waals surface area contributed by atoms with Gasteiger partial charge in [0.2, 0.25) is 0 Å². The molecule has 5 heteroatoms. The van der Waals surface area contributed by atoms with E-state index in [1.165, 1.54) is 51.4 Å². The van der Waals surface area contributed by atoms with E-state index in [1.54, 1.807) is 0 Å². The van der Waals surface area contributed by atoms with Crippen LogP contribution in [0.2, 0.25) is 0 Å². The Morgan fingerprint density at radius 2 is 1.36 bits per heavy atom. The molecular weight excluding hydrogens is 361 g/mol. The molecule has 1 aromatic rings. The maximum Gasteiger partial charge on any atom is 0.330 e. The first kappa shape index (κ1) is 27.3. The van der Waals surface area contributed by atoms with Gasteiger partial charge in [-0.25, -0.2) is 4.79 Å². The molecule has 1 rings (SSSR count). The van der Waals surface area contributed by atoms with Crippen molar-refractivity contribution >= 4 is 41.5 Å². The predicted octanol–water partition coefficient (Wildman–Crippen LogP) is 4.95. The third-order valence-corrected chi connectivity index (χ3v) is 4.80. The van der Waals surface area contributed by atoms with E-state index in [0.29, 0.717) is 12.8 Å². The maximum atomic E-state index is 11.9. The average molecular weight is 399 g/mol. The summed E-state index contributed by atoms with van der Waals surface area (Å²) in [5, 5.41) is 0. The molecule has 0 unspecified atom stereocenters. The van der Waals surface area contributed by atoms with Gasteiger partial charge in [-0.05, 0) is 18.4 Å². The van der Waals surface area contributed by atoms with Crippen LogP contribution in [0, 0.1) is 0 Å². The summed E-state index contributed by atoms with van der Waals surface area (Å²) in [7, 11) is 0. The molecule has 0 saturated heterocycles. The third kappa shape index (κ3) is 14.3. The van der Waals surface area contributed by atoms with Gasteiger partial charge in [0.15, 0.2) is 0 Å². The summed E-state index contributed by atoms with van der Waals surface area (Å²) < 4.78 is 4.87. The molecule has 0 spiro atoms. The minimum atomic E-state index is -0.798. The van der Waals surface area contributed by atoms with Crippen molar-refractivity contribution in [3.63, 3.8) is 0 Å². The van der Waals surface area contributed by atoms with Crippen LogP contribution < -0.4 is 5.73 Å². The topological polar surface area (TPSA) is 69.4 Å². The molecule has 0 fully saturated rings. The van der Waals surface area contributed by atoms with E-state index in [9.17, 15) is 9.59 Å². The molecular formula is C23H37NNaO3. The molecule has 0 amide bonds. The third-order valence-electron chi connectivity index (χ3n) is 4.80. The van der Waals surface area contributed by atoms with Crippen LogP contribution in [-0.2, 0) is 20.7 Å². The van der Waals surface area contributed by atoms with Gasteiger partial charge in [0.05, 0.1) is 0 Å². The first-order valence-corrected chi connectivity index (χ1v) is 10.7. The van der Waals surface area contributed by atoms with Crippen molar-refractivity contribution in [2.75, 3.05) is 0 Å². The summed E-state index contributed by atoms with van der Waals surface area (Å²) in [4.78, 5) is 23.7. The molecule has 1 atom stereocenters. The molecule has 0 heterocycles. The Kier molecular flexibility index (Phi) is 17.9. The van der Waals surface area contributed by atoms with Gasteiger partial charge in [-0.15, -0.1) is 0 Å². The van der Waals surface area contributed by atoms with Crippen LogP contribution in [0.4, 0.5) is 0 Å². The summed E-state index contributed by atoms with van der Waals surface area (Å²) >= 11 is 0. The molecule has 4 nitrogen and oxygen atoms in total. The number of unbranched alkanes of at least 4 members (excludes halogenated alkanes) is 10. The Balaban J connectivity index is 0.00000729. The Morgan fingerprint density at radius 1 is 0.857 bits per heavy atom. The van der Waals surface area contributed by atoms with Gasteiger partial charge < -0.3 is 10.5 Å². The van der Waals surface area contributed by atoms with Gasteiger partial charge in [-0.1, -0.05) is 101 Å². The number of hydrogen-bond acceptors (Lipinski definition) is 4. The summed E-state index contributed by atoms with van der Waals surface area (Å²) in [5.41, 5.74) is 6.79. The zero-order chi connectivity index (χ0) is 19.7. The molecule has 0 saturated carbocycles. The molecule has 0 bridgehead atoms. The molecule has 0 aliphatic carbocycles. The predicted molar refractivity (Wildman–Crippen MR) is 116 cm³/mol. The molecule has 2 N–H and O–H groups in total. The monoisotopic (exact) mass is 398 g/mol. The van der Waals surface area contributed by atoms with E-state index >= 15 is 0 Å². The van der Waals surface area contributed by atoms with Crippen molar-refractivity contribution in [2.24, 2.45) is 5.73 Å². The van der Waals surface area contributed by atoms with Crippen molar-refractivity contribution in [3.05, 3.63) is 35.9 Å². The number of hydrogen-bond donors (Lipinski definition) is 1. The largest absolute Gasteiger partial charge is 0.392 e. The Hall–Kier alpha value is -0.680. The van der Waals surface area contributed by atoms with Crippen LogP contribution >= 0.6 is 0 Å². The van der Waals surface area contributed by atoms with Gasteiger partial charge in [0.25, 0.3) is 0 Å². The molecule has 153 valence electrons. The number of carbonyl (C=O) groups is 2. The number of benzene rings is 1. The number of rotatable bonds is 15. The Bertz CT molecular complexity index is 522. The molecule has 0 aliphatic rings. The average Bonchev–Trinajstić information content (AvgIpc) is 2.66. The maximum absolute atomic E-state index is 11.9. The first-order chi connectivity index (χ1) is 13.1. The minimum Gasteiger partial charge on any atom is -0.392 e. The Morgan fingerprint density at radius 3 is 1.89 bits per heavy atom. The van der Waals surface area contributed by atoms with Crippen molar-refractivity contribution in [1.82, 2.24) is 0 Å². The van der Waals surface area contributed by atoms with Gasteiger partial charge in [0, 0.05) is 36.0 Å². The van der Waals surface area contributed by atoms with Gasteiger partial charge in [-0.2, -0.15) is 0 Å². The fourth-order valence-electron chi connectivity index (χ4n) is 3.12. The van der Waals surface area contributed by atoms with Gasteiger partial charge in [0.1, 0.15) is 6.04 Å². The number of ether oxygens (including phenoxy) is 1. The number of carbonyl (C=O) groups excluding carboxylic acids is 2. The fourth-order valence-corrected chi connectivity index (χ4v) is 3.12. The van der Waals surface area contributed by atoms with Crippen LogP contribution in [-0.4, -0.2) is 47.5 Å². The summed E-state index contributed by atoms with van der Waals surface area (Å²) in [5.74, 6) is -1.09. The quantitative estimate of drug-likeness (QED) is 0.196. The van der Waals surface area contributed by atoms with E-state index in [4.69, 9.17) is 10.5 Å². The van der Waals surface area contributed by atoms with Crippen LogP contribution in [0.5, 0.6) is 0 Å². The van der Waals surface area contributed by atoms with Crippen LogP contribution in [0.15, 0.2) is 30.3 Å². The van der Waals surface area contributed by atoms with E-state index < -0.39 is 18.0 Å². The molecule has 1 aromatic carbocycles. The molecule has 0 aliphatic heterocycles. The summed E-state index contributed by atoms with van der Waals surface area (Å²) in [6, 6.07) is 8.70. The Labute approximate surface area is 193 Å². The molecule has 28 heavy (non-hydrogen) atoms. The second kappa shape index (κ2) is 18.4. The summed E-state index contributed by atoms with van der Waals surface area (Å²) in [6.07, 6.45) is 14.2. The molecule has 1 radical (unpaired) electrons. The number of esters is 2. The first-order valence-electron chi connectivity index (χ1n) is 10.7. The normalized spacial score (nSPS) is 11.5. The smallest absolute Gasteiger partial charge is 0.330 e. The molecule has 0 aromatic heterocycles. The second-order valence-electron chi connectivity index (χ2n) is 7.37. The van der Waals surface area contributed by atoms with Crippen molar-refractivity contribution in [1.29, 1.82) is 0 Å². The van der Waals surface area contributed by atoms with Crippen LogP contribution in [0.1, 0.15) is 89.5 Å². The zero-order valence-electron chi connectivity index (χ0n) is 18.0. The van der Waals surface area contributed by atoms with E-state index in [0.717, 1.165) is 24.8 Å². The van der Waals surface area contributed by atoms with Gasteiger partial charge >= 0.3 is 11.9 Å². The second-order valence-corrected chi connectivity index (χ2v) is 7.37. The van der Waals surface area contributed by atoms with Crippen LogP contribution in [0.3, 0.4) is 0 Å². The number of nitrogens with two attached hydrogens (primary N) is 1. The zero-order valence-corrected chi connectivity index (χ0v) is 20.0. The van der Waals surface area contributed by atoms with Crippen LogP contribution in [0.25, 0.3) is 0 Å². The minimum absolute atomic E-state index is 0.